The highest BCUT2D eigenvalue weighted by Gasteiger charge is 2.25. The Balaban J connectivity index is 1.67. The van der Waals surface area contributed by atoms with Gasteiger partial charge in [-0.3, -0.25) is 9.80 Å². The number of nitriles is 1. The number of phenols is 1. The lowest BCUT2D eigenvalue weighted by atomic mass is 9.95. The Morgan fingerprint density at radius 2 is 1.83 bits per heavy atom. The van der Waals surface area contributed by atoms with Crippen molar-refractivity contribution in [2.45, 2.75) is 52.1 Å². The fourth-order valence-electron chi connectivity index (χ4n) is 4.29. The first-order chi connectivity index (χ1) is 14.1. The molecule has 0 aliphatic carbocycles. The highest BCUT2D eigenvalue weighted by molar-refractivity contribution is 5.40. The van der Waals surface area contributed by atoms with Crippen molar-refractivity contribution in [2.75, 3.05) is 26.2 Å². The van der Waals surface area contributed by atoms with Crippen LogP contribution in [0.4, 0.5) is 0 Å². The summed E-state index contributed by atoms with van der Waals surface area (Å²) in [6.45, 7) is 9.17. The summed E-state index contributed by atoms with van der Waals surface area (Å²) in [5.41, 5.74) is 4.19. The fraction of sp³-hybridized carbons (Fsp3) is 0.480. The van der Waals surface area contributed by atoms with Crippen molar-refractivity contribution in [3.63, 3.8) is 0 Å². The van der Waals surface area contributed by atoms with Crippen LogP contribution in [0.15, 0.2) is 42.5 Å². The Morgan fingerprint density at radius 3 is 2.48 bits per heavy atom. The molecule has 4 heteroatoms. The minimum absolute atomic E-state index is 0.389. The van der Waals surface area contributed by atoms with Gasteiger partial charge in [-0.25, -0.2) is 0 Å². The van der Waals surface area contributed by atoms with E-state index >= 15 is 0 Å². The molecular formula is C25H33N3O. The van der Waals surface area contributed by atoms with Gasteiger partial charge in [-0.1, -0.05) is 56.5 Å². The van der Waals surface area contributed by atoms with Gasteiger partial charge in [-0.05, 0) is 36.6 Å². The number of benzene rings is 2. The zero-order chi connectivity index (χ0) is 20.6. The molecule has 1 aliphatic heterocycles. The second-order valence-electron chi connectivity index (χ2n) is 8.14. The number of unbranched alkanes of at least 4 members (excludes halogenated alkanes) is 2. The maximum atomic E-state index is 10.1. The van der Waals surface area contributed by atoms with Gasteiger partial charge in [0.25, 0.3) is 0 Å². The van der Waals surface area contributed by atoms with Gasteiger partial charge in [0.05, 0.1) is 11.6 Å². The Bertz CT molecular complexity index is 834. The quantitative estimate of drug-likeness (QED) is 0.643. The van der Waals surface area contributed by atoms with E-state index < -0.39 is 0 Å². The third-order valence-electron chi connectivity index (χ3n) is 6.07. The van der Waals surface area contributed by atoms with E-state index in [0.717, 1.165) is 49.4 Å². The average molecular weight is 392 g/mol. The normalized spacial score (nSPS) is 16.4. The second-order valence-corrected chi connectivity index (χ2v) is 8.14. The van der Waals surface area contributed by atoms with Gasteiger partial charge in [-0.2, -0.15) is 5.26 Å². The Hall–Kier alpha value is -2.35. The number of hydrogen-bond acceptors (Lipinski definition) is 4. The van der Waals surface area contributed by atoms with Crippen LogP contribution in [-0.2, 0) is 6.54 Å². The lowest BCUT2D eigenvalue weighted by Crippen LogP contribution is -2.47. The standard InChI is InChI=1S/C25H33N3O/c1-3-4-5-9-24(21-11-12-22(18-26)20(2)17-21)28-15-13-27(14-16-28)19-23-8-6-7-10-25(23)29/h6-8,10-12,17,24,29H,3-5,9,13-16,19H2,1-2H3. The maximum absolute atomic E-state index is 10.1. The first kappa shape index (κ1) is 21.4. The van der Waals surface area contributed by atoms with Gasteiger partial charge in [0.15, 0.2) is 0 Å². The Labute approximate surface area is 175 Å². The van der Waals surface area contributed by atoms with Gasteiger partial charge < -0.3 is 5.11 Å². The minimum atomic E-state index is 0.389. The third kappa shape index (κ3) is 5.59. The molecule has 1 aliphatic rings. The van der Waals surface area contributed by atoms with Gasteiger partial charge in [0, 0.05) is 44.3 Å². The molecule has 2 aromatic rings. The Morgan fingerprint density at radius 1 is 1.07 bits per heavy atom. The molecule has 1 atom stereocenters. The molecule has 154 valence electrons. The van der Waals surface area contributed by atoms with Crippen LogP contribution in [0.25, 0.3) is 0 Å². The van der Waals surface area contributed by atoms with E-state index in [-0.39, 0.29) is 0 Å². The lowest BCUT2D eigenvalue weighted by Gasteiger charge is -2.40. The van der Waals surface area contributed by atoms with Gasteiger partial charge in [0.2, 0.25) is 0 Å². The molecule has 1 heterocycles. The largest absolute Gasteiger partial charge is 0.508 e. The summed E-state index contributed by atoms with van der Waals surface area (Å²) >= 11 is 0. The molecule has 0 bridgehead atoms. The number of aryl methyl sites for hydroxylation is 1. The first-order valence-electron chi connectivity index (χ1n) is 10.9. The third-order valence-corrected chi connectivity index (χ3v) is 6.07. The molecule has 1 unspecified atom stereocenters. The highest BCUT2D eigenvalue weighted by Crippen LogP contribution is 2.30. The van der Waals surface area contributed by atoms with Crippen LogP contribution in [0.2, 0.25) is 0 Å². The number of piperazine rings is 1. The topological polar surface area (TPSA) is 50.5 Å². The van der Waals surface area contributed by atoms with Crippen molar-refractivity contribution >= 4 is 0 Å². The maximum Gasteiger partial charge on any atom is 0.120 e. The monoisotopic (exact) mass is 391 g/mol. The van der Waals surface area contributed by atoms with Crippen LogP contribution in [0.3, 0.4) is 0 Å². The Kier molecular flexibility index (Phi) is 7.69. The SMILES string of the molecule is CCCCCC(c1ccc(C#N)c(C)c1)N1CCN(Cc2ccccc2O)CC1. The number of phenolic OH excluding ortho intramolecular Hbond substituents is 1. The zero-order valence-corrected chi connectivity index (χ0v) is 17.8. The molecule has 1 saturated heterocycles. The molecule has 1 N–H and O–H groups in total. The molecule has 0 radical (unpaired) electrons. The summed E-state index contributed by atoms with van der Waals surface area (Å²) in [7, 11) is 0. The van der Waals surface area contributed by atoms with Crippen LogP contribution in [0.5, 0.6) is 5.75 Å². The van der Waals surface area contributed by atoms with Crippen molar-refractivity contribution < 1.29 is 5.11 Å². The minimum Gasteiger partial charge on any atom is -0.508 e. The molecule has 0 saturated carbocycles. The highest BCUT2D eigenvalue weighted by atomic mass is 16.3. The molecule has 29 heavy (non-hydrogen) atoms. The summed E-state index contributed by atoms with van der Waals surface area (Å²) in [6, 6.07) is 16.7. The van der Waals surface area contributed by atoms with E-state index in [1.54, 1.807) is 6.07 Å². The van der Waals surface area contributed by atoms with Crippen molar-refractivity contribution in [2.24, 2.45) is 0 Å². The smallest absolute Gasteiger partial charge is 0.120 e. The fourth-order valence-corrected chi connectivity index (χ4v) is 4.29. The van der Waals surface area contributed by atoms with Gasteiger partial charge >= 0.3 is 0 Å². The number of aromatic hydroxyl groups is 1. The van der Waals surface area contributed by atoms with Crippen LogP contribution in [0.1, 0.15) is 60.9 Å². The summed E-state index contributed by atoms with van der Waals surface area (Å²) in [6.07, 6.45) is 4.89. The predicted octanol–water partition coefficient (Wildman–Crippen LogP) is 5.01. The summed E-state index contributed by atoms with van der Waals surface area (Å²) in [5.74, 6) is 0.389. The van der Waals surface area contributed by atoms with Crippen LogP contribution >= 0.6 is 0 Å². The molecule has 1 fully saturated rings. The molecule has 0 aromatic heterocycles. The molecule has 4 nitrogen and oxygen atoms in total. The van der Waals surface area contributed by atoms with Crippen molar-refractivity contribution in [3.05, 3.63) is 64.7 Å². The number of hydrogen-bond donors (Lipinski definition) is 1. The van der Waals surface area contributed by atoms with E-state index in [1.807, 2.05) is 31.2 Å². The molecular weight excluding hydrogens is 358 g/mol. The zero-order valence-electron chi connectivity index (χ0n) is 17.8. The second kappa shape index (κ2) is 10.4. The van der Waals surface area contributed by atoms with Crippen molar-refractivity contribution in [1.29, 1.82) is 5.26 Å². The lowest BCUT2D eigenvalue weighted by molar-refractivity contribution is 0.0861. The van der Waals surface area contributed by atoms with Gasteiger partial charge in [-0.15, -0.1) is 0 Å². The molecule has 0 amide bonds. The average Bonchev–Trinajstić information content (AvgIpc) is 2.74. The predicted molar refractivity (Wildman–Crippen MR) is 118 cm³/mol. The van der Waals surface area contributed by atoms with Crippen molar-refractivity contribution in [3.8, 4) is 11.8 Å². The van der Waals surface area contributed by atoms with E-state index in [0.29, 0.717) is 11.8 Å². The van der Waals surface area contributed by atoms with Gasteiger partial charge in [0.1, 0.15) is 5.75 Å². The number of para-hydroxylation sites is 1. The summed E-state index contributed by atoms with van der Waals surface area (Å²) in [4.78, 5) is 5.04. The summed E-state index contributed by atoms with van der Waals surface area (Å²) in [5, 5.41) is 19.3. The summed E-state index contributed by atoms with van der Waals surface area (Å²) < 4.78 is 0. The number of rotatable bonds is 8. The molecule has 3 rings (SSSR count). The molecule has 2 aromatic carbocycles. The van der Waals surface area contributed by atoms with Crippen molar-refractivity contribution in [1.82, 2.24) is 9.80 Å². The van der Waals surface area contributed by atoms with E-state index in [2.05, 4.69) is 34.9 Å². The molecule has 0 spiro atoms. The van der Waals surface area contributed by atoms with Crippen LogP contribution in [-0.4, -0.2) is 41.1 Å². The van der Waals surface area contributed by atoms with Crippen LogP contribution in [0, 0.1) is 18.3 Å². The van der Waals surface area contributed by atoms with E-state index in [9.17, 15) is 10.4 Å². The number of nitrogens with zero attached hydrogens (tertiary/aromatic N) is 3. The van der Waals surface area contributed by atoms with E-state index in [4.69, 9.17) is 0 Å². The first-order valence-corrected chi connectivity index (χ1v) is 10.9. The van der Waals surface area contributed by atoms with Crippen LogP contribution < -0.4 is 0 Å². The van der Waals surface area contributed by atoms with E-state index in [1.165, 1.54) is 31.2 Å².